The summed E-state index contributed by atoms with van der Waals surface area (Å²) in [6.45, 7) is 2.67. The van der Waals surface area contributed by atoms with E-state index < -0.39 is 5.97 Å². The average molecular weight is 198 g/mol. The molecule has 1 heterocycles. The maximum Gasteiger partial charge on any atom is 0.318 e. The van der Waals surface area contributed by atoms with Crippen LogP contribution in [0.2, 0.25) is 0 Å². The molecule has 0 aromatic heterocycles. The average Bonchev–Trinajstić information content (AvgIpc) is 2.84. The molecule has 5 nitrogen and oxygen atoms in total. The van der Waals surface area contributed by atoms with E-state index in [1.54, 1.807) is 4.90 Å². The molecule has 2 fully saturated rings. The zero-order chi connectivity index (χ0) is 10.3. The van der Waals surface area contributed by atoms with Crippen molar-refractivity contribution in [3.63, 3.8) is 0 Å². The molecule has 0 bridgehead atoms. The highest BCUT2D eigenvalue weighted by Gasteiger charge is 2.51. The Kier molecular flexibility index (Phi) is 2.09. The first-order valence-corrected chi connectivity index (χ1v) is 4.93. The molecular formula is C9H14N2O3. The minimum Gasteiger partial charge on any atom is -0.481 e. The molecule has 1 saturated heterocycles. The minimum atomic E-state index is -0.789. The first-order chi connectivity index (χ1) is 6.63. The van der Waals surface area contributed by atoms with Crippen LogP contribution in [0.15, 0.2) is 0 Å². The highest BCUT2D eigenvalue weighted by molar-refractivity contribution is 5.81. The number of aliphatic carboxylic acids is 1. The molecule has 2 aliphatic rings. The summed E-state index contributed by atoms with van der Waals surface area (Å²) in [5, 5.41) is 11.6. The second kappa shape index (κ2) is 3.15. The molecule has 0 spiro atoms. The fraction of sp³-hybridized carbons (Fsp3) is 0.778. The molecule has 0 radical (unpaired) electrons. The summed E-state index contributed by atoms with van der Waals surface area (Å²) in [5.74, 6) is -1.13. The Bertz CT molecular complexity index is 279. The van der Waals surface area contributed by atoms with Crippen molar-refractivity contribution in [2.24, 2.45) is 5.92 Å². The first-order valence-electron chi connectivity index (χ1n) is 4.93. The lowest BCUT2D eigenvalue weighted by atomic mass is 10.2. The highest BCUT2D eigenvalue weighted by Crippen LogP contribution is 2.37. The Morgan fingerprint density at radius 3 is 2.86 bits per heavy atom. The van der Waals surface area contributed by atoms with E-state index in [2.05, 4.69) is 5.32 Å². The zero-order valence-corrected chi connectivity index (χ0v) is 8.06. The van der Waals surface area contributed by atoms with E-state index in [1.165, 1.54) is 0 Å². The van der Waals surface area contributed by atoms with Crippen LogP contribution in [-0.4, -0.2) is 40.6 Å². The monoisotopic (exact) mass is 198 g/mol. The predicted octanol–water partition coefficient (Wildman–Crippen LogP) is 0.263. The molecule has 0 aromatic rings. The molecule has 78 valence electrons. The lowest BCUT2D eigenvalue weighted by Crippen LogP contribution is -2.32. The molecule has 5 heteroatoms. The summed E-state index contributed by atoms with van der Waals surface area (Å²) >= 11 is 0. The molecule has 14 heavy (non-hydrogen) atoms. The number of nitrogens with zero attached hydrogens (tertiary/aromatic N) is 1. The lowest BCUT2D eigenvalue weighted by Gasteiger charge is -2.13. The molecule has 3 unspecified atom stereocenters. The molecule has 0 aromatic carbocycles. The van der Waals surface area contributed by atoms with Gasteiger partial charge in [0.25, 0.3) is 0 Å². The van der Waals surface area contributed by atoms with Crippen molar-refractivity contribution in [2.75, 3.05) is 6.54 Å². The standard InChI is InChI=1S/C9H14N2O3/c1-2-5-4-11(9(14)10-5)7-3-6(7)8(12)13/h5-7H,2-4H2,1H3,(H,10,14)(H,12,13). The van der Waals surface area contributed by atoms with E-state index in [9.17, 15) is 9.59 Å². The fourth-order valence-corrected chi connectivity index (χ4v) is 1.93. The lowest BCUT2D eigenvalue weighted by molar-refractivity contribution is -0.138. The maximum atomic E-state index is 11.4. The van der Waals surface area contributed by atoms with Crippen molar-refractivity contribution >= 4 is 12.0 Å². The minimum absolute atomic E-state index is 0.0657. The third kappa shape index (κ3) is 1.42. The molecule has 3 atom stereocenters. The van der Waals surface area contributed by atoms with Crippen LogP contribution in [0.1, 0.15) is 19.8 Å². The molecular weight excluding hydrogens is 184 g/mol. The van der Waals surface area contributed by atoms with Crippen molar-refractivity contribution < 1.29 is 14.7 Å². The van der Waals surface area contributed by atoms with Gasteiger partial charge in [-0.15, -0.1) is 0 Å². The van der Waals surface area contributed by atoms with E-state index in [0.717, 1.165) is 6.42 Å². The van der Waals surface area contributed by atoms with Gasteiger partial charge in [-0.3, -0.25) is 4.79 Å². The topological polar surface area (TPSA) is 69.6 Å². The number of amides is 2. The predicted molar refractivity (Wildman–Crippen MR) is 48.8 cm³/mol. The SMILES string of the molecule is CCC1CN(C2CC2C(=O)O)C(=O)N1. The number of carboxylic acids is 1. The Morgan fingerprint density at radius 2 is 2.43 bits per heavy atom. The van der Waals surface area contributed by atoms with Crippen molar-refractivity contribution in [3.05, 3.63) is 0 Å². The Morgan fingerprint density at radius 1 is 1.71 bits per heavy atom. The second-order valence-electron chi connectivity index (χ2n) is 3.95. The summed E-state index contributed by atoms with van der Waals surface area (Å²) in [5.41, 5.74) is 0. The largest absolute Gasteiger partial charge is 0.481 e. The summed E-state index contributed by atoms with van der Waals surface area (Å²) < 4.78 is 0. The van der Waals surface area contributed by atoms with Crippen LogP contribution < -0.4 is 5.32 Å². The van der Waals surface area contributed by atoms with Gasteiger partial charge in [0.05, 0.1) is 5.92 Å². The number of hydrogen-bond donors (Lipinski definition) is 2. The molecule has 1 saturated carbocycles. The first kappa shape index (κ1) is 9.30. The van der Waals surface area contributed by atoms with Gasteiger partial charge in [0.15, 0.2) is 0 Å². The van der Waals surface area contributed by atoms with E-state index in [4.69, 9.17) is 5.11 Å². The van der Waals surface area contributed by atoms with Crippen molar-refractivity contribution in [3.8, 4) is 0 Å². The third-order valence-corrected chi connectivity index (χ3v) is 2.97. The zero-order valence-electron chi connectivity index (χ0n) is 8.06. The van der Waals surface area contributed by atoms with Crippen LogP contribution in [0.3, 0.4) is 0 Å². The summed E-state index contributed by atoms with van der Waals surface area (Å²) in [7, 11) is 0. The number of carboxylic acid groups (broad SMARTS) is 1. The molecule has 2 amide bonds. The van der Waals surface area contributed by atoms with Gasteiger partial charge >= 0.3 is 12.0 Å². The van der Waals surface area contributed by atoms with Gasteiger partial charge < -0.3 is 15.3 Å². The number of rotatable bonds is 3. The van der Waals surface area contributed by atoms with Crippen molar-refractivity contribution in [1.82, 2.24) is 10.2 Å². The van der Waals surface area contributed by atoms with Crippen LogP contribution in [0.5, 0.6) is 0 Å². The quantitative estimate of drug-likeness (QED) is 0.683. The van der Waals surface area contributed by atoms with Crippen LogP contribution in [0.4, 0.5) is 4.79 Å². The Hall–Kier alpha value is -1.26. The Labute approximate surface area is 82.1 Å². The van der Waals surface area contributed by atoms with E-state index in [0.29, 0.717) is 13.0 Å². The second-order valence-corrected chi connectivity index (χ2v) is 3.95. The summed E-state index contributed by atoms with van der Waals surface area (Å²) in [6.07, 6.45) is 1.51. The van der Waals surface area contributed by atoms with Crippen molar-refractivity contribution in [1.29, 1.82) is 0 Å². The summed E-state index contributed by atoms with van der Waals surface area (Å²) in [6, 6.07) is 0.0206. The van der Waals surface area contributed by atoms with E-state index in [-0.39, 0.29) is 24.0 Å². The van der Waals surface area contributed by atoms with Gasteiger partial charge in [-0.25, -0.2) is 4.79 Å². The fourth-order valence-electron chi connectivity index (χ4n) is 1.93. The molecule has 2 rings (SSSR count). The molecule has 1 aliphatic heterocycles. The Balaban J connectivity index is 1.94. The van der Waals surface area contributed by atoms with Crippen LogP contribution in [-0.2, 0) is 4.79 Å². The van der Waals surface area contributed by atoms with Gasteiger partial charge in [0.1, 0.15) is 0 Å². The van der Waals surface area contributed by atoms with Crippen LogP contribution >= 0.6 is 0 Å². The van der Waals surface area contributed by atoms with E-state index >= 15 is 0 Å². The third-order valence-electron chi connectivity index (χ3n) is 2.97. The number of carbonyl (C=O) groups excluding carboxylic acids is 1. The van der Waals surface area contributed by atoms with Gasteiger partial charge in [0.2, 0.25) is 0 Å². The number of urea groups is 1. The molecule has 2 N–H and O–H groups in total. The maximum absolute atomic E-state index is 11.4. The number of nitrogens with one attached hydrogen (secondary N) is 1. The van der Waals surface area contributed by atoms with Crippen LogP contribution in [0.25, 0.3) is 0 Å². The smallest absolute Gasteiger partial charge is 0.318 e. The summed E-state index contributed by atoms with van der Waals surface area (Å²) in [4.78, 5) is 23.7. The van der Waals surface area contributed by atoms with Gasteiger partial charge in [0, 0.05) is 18.6 Å². The van der Waals surface area contributed by atoms with Gasteiger partial charge in [-0.1, -0.05) is 6.92 Å². The molecule has 1 aliphatic carbocycles. The number of hydrogen-bond acceptors (Lipinski definition) is 2. The van der Waals surface area contributed by atoms with Gasteiger partial charge in [-0.2, -0.15) is 0 Å². The van der Waals surface area contributed by atoms with Crippen LogP contribution in [0, 0.1) is 5.92 Å². The van der Waals surface area contributed by atoms with Gasteiger partial charge in [-0.05, 0) is 12.8 Å². The van der Waals surface area contributed by atoms with Crippen molar-refractivity contribution in [2.45, 2.75) is 31.8 Å². The highest BCUT2D eigenvalue weighted by atomic mass is 16.4. The number of carbonyl (C=O) groups is 2. The van der Waals surface area contributed by atoms with E-state index in [1.807, 2.05) is 6.92 Å². The normalized spacial score (nSPS) is 35.6.